The van der Waals surface area contributed by atoms with E-state index in [9.17, 15) is 4.79 Å². The average Bonchev–Trinajstić information content (AvgIpc) is 2.37. The van der Waals surface area contributed by atoms with Crippen LogP contribution in [-0.2, 0) is 11.3 Å². The van der Waals surface area contributed by atoms with Crippen LogP contribution in [0.4, 0.5) is 0 Å². The topological polar surface area (TPSA) is 64.3 Å². The van der Waals surface area contributed by atoms with Crippen molar-refractivity contribution in [3.8, 4) is 5.75 Å². The second kappa shape index (κ2) is 7.90. The summed E-state index contributed by atoms with van der Waals surface area (Å²) in [6.07, 6.45) is 2.53. The normalized spacial score (nSPS) is 11.3. The van der Waals surface area contributed by atoms with Crippen molar-refractivity contribution in [1.82, 2.24) is 5.32 Å². The van der Waals surface area contributed by atoms with Crippen LogP contribution in [0.3, 0.4) is 0 Å². The number of unbranched alkanes of at least 4 members (excludes halogenated alkanes) is 1. The van der Waals surface area contributed by atoms with Crippen molar-refractivity contribution in [2.75, 3.05) is 6.61 Å². The molecule has 112 valence electrons. The van der Waals surface area contributed by atoms with Gasteiger partial charge in [-0.25, -0.2) is 0 Å². The lowest BCUT2D eigenvalue weighted by Crippen LogP contribution is -2.42. The molecule has 1 aromatic rings. The number of amides is 1. The van der Waals surface area contributed by atoms with Crippen LogP contribution < -0.4 is 15.8 Å². The van der Waals surface area contributed by atoms with Gasteiger partial charge in [-0.3, -0.25) is 4.79 Å². The van der Waals surface area contributed by atoms with Crippen molar-refractivity contribution < 1.29 is 9.53 Å². The van der Waals surface area contributed by atoms with Crippen LogP contribution in [-0.4, -0.2) is 18.1 Å². The molecule has 4 nitrogen and oxygen atoms in total. The summed E-state index contributed by atoms with van der Waals surface area (Å²) in [5, 5.41) is 3.34. The third-order valence-corrected chi connectivity index (χ3v) is 3.08. The first-order valence-corrected chi connectivity index (χ1v) is 7.18. The SMILES string of the molecule is CCCCOc1ccc(CNC(C)(C)CC(N)=O)cc1. The van der Waals surface area contributed by atoms with Crippen molar-refractivity contribution in [3.05, 3.63) is 29.8 Å². The third kappa shape index (κ3) is 6.57. The van der Waals surface area contributed by atoms with E-state index in [-0.39, 0.29) is 11.4 Å². The zero-order valence-electron chi connectivity index (χ0n) is 12.7. The number of nitrogens with one attached hydrogen (secondary N) is 1. The Morgan fingerprint density at radius 2 is 1.95 bits per heavy atom. The number of ether oxygens (including phenoxy) is 1. The van der Waals surface area contributed by atoms with Gasteiger partial charge in [-0.05, 0) is 38.0 Å². The Bertz CT molecular complexity index is 413. The van der Waals surface area contributed by atoms with Gasteiger partial charge in [0.2, 0.25) is 5.91 Å². The molecule has 20 heavy (non-hydrogen) atoms. The fourth-order valence-electron chi connectivity index (χ4n) is 1.88. The summed E-state index contributed by atoms with van der Waals surface area (Å²) >= 11 is 0. The quantitative estimate of drug-likeness (QED) is 0.682. The molecule has 1 amide bonds. The van der Waals surface area contributed by atoms with Crippen molar-refractivity contribution in [2.45, 2.75) is 52.1 Å². The Labute approximate surface area is 121 Å². The van der Waals surface area contributed by atoms with Crippen molar-refractivity contribution in [2.24, 2.45) is 5.73 Å². The number of hydrogen-bond donors (Lipinski definition) is 2. The molecule has 0 unspecified atom stereocenters. The summed E-state index contributed by atoms with van der Waals surface area (Å²) in [6.45, 7) is 7.56. The Hall–Kier alpha value is -1.55. The molecule has 0 aromatic heterocycles. The Morgan fingerprint density at radius 1 is 1.30 bits per heavy atom. The smallest absolute Gasteiger partial charge is 0.219 e. The molecule has 0 radical (unpaired) electrons. The molecule has 1 rings (SSSR count). The van der Waals surface area contributed by atoms with Crippen molar-refractivity contribution in [1.29, 1.82) is 0 Å². The van der Waals surface area contributed by atoms with Crippen molar-refractivity contribution in [3.63, 3.8) is 0 Å². The van der Waals surface area contributed by atoms with Gasteiger partial charge in [0.25, 0.3) is 0 Å². The largest absolute Gasteiger partial charge is 0.494 e. The number of rotatable bonds is 9. The van der Waals surface area contributed by atoms with E-state index in [1.165, 1.54) is 0 Å². The highest BCUT2D eigenvalue weighted by molar-refractivity contribution is 5.74. The fourth-order valence-corrected chi connectivity index (χ4v) is 1.88. The molecule has 0 aliphatic rings. The second-order valence-corrected chi connectivity index (χ2v) is 5.73. The summed E-state index contributed by atoms with van der Waals surface area (Å²) in [5.74, 6) is 0.612. The van der Waals surface area contributed by atoms with E-state index in [1.807, 2.05) is 38.1 Å². The Balaban J connectivity index is 2.43. The molecular formula is C16H26N2O2. The van der Waals surface area contributed by atoms with Crippen LogP contribution in [0.5, 0.6) is 5.75 Å². The maximum atomic E-state index is 11.0. The summed E-state index contributed by atoms with van der Waals surface area (Å²) in [5.41, 5.74) is 6.10. The van der Waals surface area contributed by atoms with E-state index >= 15 is 0 Å². The first-order chi connectivity index (χ1) is 9.43. The minimum atomic E-state index is -0.290. The minimum absolute atomic E-state index is 0.290. The average molecular weight is 278 g/mol. The molecular weight excluding hydrogens is 252 g/mol. The molecule has 0 saturated heterocycles. The summed E-state index contributed by atoms with van der Waals surface area (Å²) < 4.78 is 5.62. The molecule has 0 saturated carbocycles. The number of carbonyl (C=O) groups is 1. The van der Waals surface area contributed by atoms with E-state index in [2.05, 4.69) is 12.2 Å². The Kier molecular flexibility index (Phi) is 6.52. The maximum Gasteiger partial charge on any atom is 0.219 e. The van der Waals surface area contributed by atoms with Gasteiger partial charge < -0.3 is 15.8 Å². The lowest BCUT2D eigenvalue weighted by atomic mass is 10.00. The summed E-state index contributed by atoms with van der Waals surface area (Å²) in [6, 6.07) is 8.03. The van der Waals surface area contributed by atoms with E-state index in [1.54, 1.807) is 0 Å². The van der Waals surface area contributed by atoms with Crippen LogP contribution >= 0.6 is 0 Å². The van der Waals surface area contributed by atoms with Gasteiger partial charge in [0.15, 0.2) is 0 Å². The van der Waals surface area contributed by atoms with Gasteiger partial charge in [0.1, 0.15) is 5.75 Å². The van der Waals surface area contributed by atoms with Crippen molar-refractivity contribution >= 4 is 5.91 Å². The highest BCUT2D eigenvalue weighted by Crippen LogP contribution is 2.14. The lowest BCUT2D eigenvalue weighted by Gasteiger charge is -2.24. The van der Waals surface area contributed by atoms with Gasteiger partial charge in [0, 0.05) is 18.5 Å². The van der Waals surface area contributed by atoms with Crippen LogP contribution in [0.25, 0.3) is 0 Å². The molecule has 0 spiro atoms. The number of primary amides is 1. The van der Waals surface area contributed by atoms with Gasteiger partial charge in [-0.2, -0.15) is 0 Å². The molecule has 0 fully saturated rings. The maximum absolute atomic E-state index is 11.0. The Morgan fingerprint density at radius 3 is 2.50 bits per heavy atom. The van der Waals surface area contributed by atoms with E-state index in [0.29, 0.717) is 13.0 Å². The third-order valence-electron chi connectivity index (χ3n) is 3.08. The molecule has 0 bridgehead atoms. The van der Waals surface area contributed by atoms with Crippen LogP contribution in [0.2, 0.25) is 0 Å². The highest BCUT2D eigenvalue weighted by atomic mass is 16.5. The number of carbonyl (C=O) groups excluding carboxylic acids is 1. The number of benzene rings is 1. The fraction of sp³-hybridized carbons (Fsp3) is 0.562. The standard InChI is InChI=1S/C16H26N2O2/c1-4-5-10-20-14-8-6-13(7-9-14)12-18-16(2,3)11-15(17)19/h6-9,18H,4-5,10-12H2,1-3H3,(H2,17,19). The zero-order valence-corrected chi connectivity index (χ0v) is 12.7. The van der Waals surface area contributed by atoms with E-state index < -0.39 is 0 Å². The van der Waals surface area contributed by atoms with E-state index in [0.717, 1.165) is 30.8 Å². The highest BCUT2D eigenvalue weighted by Gasteiger charge is 2.19. The van der Waals surface area contributed by atoms with Gasteiger partial charge in [-0.1, -0.05) is 25.5 Å². The molecule has 0 atom stereocenters. The first kappa shape index (κ1) is 16.5. The molecule has 4 heteroatoms. The predicted molar refractivity (Wildman–Crippen MR) is 81.6 cm³/mol. The van der Waals surface area contributed by atoms with Gasteiger partial charge >= 0.3 is 0 Å². The minimum Gasteiger partial charge on any atom is -0.494 e. The van der Waals surface area contributed by atoms with Crippen LogP contribution in [0.15, 0.2) is 24.3 Å². The zero-order chi connectivity index (χ0) is 15.0. The number of hydrogen-bond acceptors (Lipinski definition) is 3. The van der Waals surface area contributed by atoms with Crippen LogP contribution in [0, 0.1) is 0 Å². The molecule has 3 N–H and O–H groups in total. The van der Waals surface area contributed by atoms with Gasteiger partial charge in [-0.15, -0.1) is 0 Å². The lowest BCUT2D eigenvalue weighted by molar-refractivity contribution is -0.119. The molecule has 0 aliphatic carbocycles. The molecule has 0 heterocycles. The van der Waals surface area contributed by atoms with E-state index in [4.69, 9.17) is 10.5 Å². The van der Waals surface area contributed by atoms with Gasteiger partial charge in [0.05, 0.1) is 6.61 Å². The molecule has 0 aliphatic heterocycles. The van der Waals surface area contributed by atoms with Crippen LogP contribution in [0.1, 0.15) is 45.6 Å². The second-order valence-electron chi connectivity index (χ2n) is 5.73. The summed E-state index contributed by atoms with van der Waals surface area (Å²) in [4.78, 5) is 11.0. The number of nitrogens with two attached hydrogens (primary N) is 1. The summed E-state index contributed by atoms with van der Waals surface area (Å²) in [7, 11) is 0. The monoisotopic (exact) mass is 278 g/mol. The first-order valence-electron chi connectivity index (χ1n) is 7.18. The molecule has 1 aromatic carbocycles. The predicted octanol–water partition coefficient (Wildman–Crippen LogP) is 2.61.